The standard InChI is InChI=1S/C22H27FN4O3/c1-4-30-22(29)16-7-8-24-19(11-16)14-26-13-17-5-6-18(23)12-20(17)27(21(28)15-26)10-9-25(2)3/h5-8,11-12H,4,9-10,13-15H2,1-3H3. The summed E-state index contributed by atoms with van der Waals surface area (Å²) in [6.45, 7) is 4.24. The Labute approximate surface area is 176 Å². The van der Waals surface area contributed by atoms with Crippen molar-refractivity contribution in [1.29, 1.82) is 0 Å². The molecule has 0 N–H and O–H groups in total. The zero-order chi connectivity index (χ0) is 21.7. The Hall–Kier alpha value is -2.84. The number of nitrogens with zero attached hydrogens (tertiary/aromatic N) is 4. The lowest BCUT2D eigenvalue weighted by molar-refractivity contribution is -0.119. The summed E-state index contributed by atoms with van der Waals surface area (Å²) in [7, 11) is 3.87. The molecule has 0 bridgehead atoms. The Bertz CT molecular complexity index is 919. The number of pyridine rings is 1. The number of aromatic nitrogens is 1. The van der Waals surface area contributed by atoms with E-state index in [4.69, 9.17) is 4.74 Å². The predicted octanol–water partition coefficient (Wildman–Crippen LogP) is 2.31. The number of hydrogen-bond acceptors (Lipinski definition) is 6. The van der Waals surface area contributed by atoms with Crippen LogP contribution in [0.1, 0.15) is 28.5 Å². The highest BCUT2D eigenvalue weighted by Crippen LogP contribution is 2.27. The van der Waals surface area contributed by atoms with Gasteiger partial charge in [-0.3, -0.25) is 14.7 Å². The number of fused-ring (bicyclic) bond motifs is 1. The average Bonchev–Trinajstić information content (AvgIpc) is 2.82. The van der Waals surface area contributed by atoms with Gasteiger partial charge in [0.2, 0.25) is 5.91 Å². The van der Waals surface area contributed by atoms with Gasteiger partial charge >= 0.3 is 5.97 Å². The summed E-state index contributed by atoms with van der Waals surface area (Å²) in [6, 6.07) is 7.85. The second kappa shape index (κ2) is 9.77. The first-order valence-electron chi connectivity index (χ1n) is 9.95. The second-order valence-electron chi connectivity index (χ2n) is 7.52. The largest absolute Gasteiger partial charge is 0.462 e. The Balaban J connectivity index is 1.83. The molecular weight excluding hydrogens is 387 g/mol. The molecule has 8 heteroatoms. The molecule has 1 aromatic heterocycles. The molecule has 0 saturated carbocycles. The number of carbonyl (C=O) groups excluding carboxylic acids is 2. The summed E-state index contributed by atoms with van der Waals surface area (Å²) >= 11 is 0. The summed E-state index contributed by atoms with van der Waals surface area (Å²) in [5.41, 5.74) is 2.58. The monoisotopic (exact) mass is 414 g/mol. The van der Waals surface area contributed by atoms with E-state index in [1.54, 1.807) is 36.2 Å². The van der Waals surface area contributed by atoms with Gasteiger partial charge in [-0.15, -0.1) is 0 Å². The van der Waals surface area contributed by atoms with Crippen LogP contribution in [0.2, 0.25) is 0 Å². The lowest BCUT2D eigenvalue weighted by atomic mass is 10.1. The molecule has 160 valence electrons. The minimum atomic E-state index is -0.399. The highest BCUT2D eigenvalue weighted by atomic mass is 19.1. The molecule has 0 saturated heterocycles. The van der Waals surface area contributed by atoms with Crippen LogP contribution in [0.3, 0.4) is 0 Å². The molecule has 0 radical (unpaired) electrons. The number of carbonyl (C=O) groups is 2. The van der Waals surface area contributed by atoms with E-state index in [1.165, 1.54) is 12.1 Å². The van der Waals surface area contributed by atoms with E-state index >= 15 is 0 Å². The third-order valence-electron chi connectivity index (χ3n) is 4.88. The van der Waals surface area contributed by atoms with E-state index in [0.717, 1.165) is 5.56 Å². The van der Waals surface area contributed by atoms with Gasteiger partial charge in [-0.25, -0.2) is 9.18 Å². The Morgan fingerprint density at radius 1 is 1.23 bits per heavy atom. The number of hydrogen-bond donors (Lipinski definition) is 0. The maximum atomic E-state index is 13.9. The van der Waals surface area contributed by atoms with Gasteiger partial charge in [-0.2, -0.15) is 0 Å². The molecule has 1 amide bonds. The lowest BCUT2D eigenvalue weighted by Gasteiger charge is -2.24. The van der Waals surface area contributed by atoms with Gasteiger partial charge < -0.3 is 14.5 Å². The van der Waals surface area contributed by atoms with Crippen LogP contribution < -0.4 is 4.90 Å². The van der Waals surface area contributed by atoms with Gasteiger partial charge in [0.1, 0.15) is 5.82 Å². The van der Waals surface area contributed by atoms with Crippen molar-refractivity contribution in [2.75, 3.05) is 45.2 Å². The van der Waals surface area contributed by atoms with Gasteiger partial charge in [0, 0.05) is 32.4 Å². The molecule has 0 atom stereocenters. The Kier molecular flexibility index (Phi) is 7.12. The van der Waals surface area contributed by atoms with E-state index in [2.05, 4.69) is 4.98 Å². The number of likely N-dealkylation sites (N-methyl/N-ethyl adjacent to an activating group) is 1. The highest BCUT2D eigenvalue weighted by molar-refractivity contribution is 5.96. The summed E-state index contributed by atoms with van der Waals surface area (Å²) in [5.74, 6) is -0.861. The van der Waals surface area contributed by atoms with Crippen molar-refractivity contribution >= 4 is 17.6 Å². The minimum Gasteiger partial charge on any atom is -0.462 e. The predicted molar refractivity (Wildman–Crippen MR) is 112 cm³/mol. The molecule has 2 aromatic rings. The Morgan fingerprint density at radius 3 is 2.77 bits per heavy atom. The third kappa shape index (κ3) is 5.40. The van der Waals surface area contributed by atoms with Crippen molar-refractivity contribution in [1.82, 2.24) is 14.8 Å². The number of ether oxygens (including phenoxy) is 1. The number of esters is 1. The minimum absolute atomic E-state index is 0.0947. The van der Waals surface area contributed by atoms with Crippen molar-refractivity contribution < 1.29 is 18.7 Å². The Morgan fingerprint density at radius 2 is 2.03 bits per heavy atom. The molecule has 3 rings (SSSR count). The molecule has 0 unspecified atom stereocenters. The first-order chi connectivity index (χ1) is 14.4. The number of benzene rings is 1. The normalized spacial score (nSPS) is 14.6. The molecule has 2 heterocycles. The fraction of sp³-hybridized carbons (Fsp3) is 0.409. The van der Waals surface area contributed by atoms with Crippen LogP contribution in [0.15, 0.2) is 36.5 Å². The zero-order valence-corrected chi connectivity index (χ0v) is 17.6. The maximum Gasteiger partial charge on any atom is 0.338 e. The topological polar surface area (TPSA) is 66.0 Å². The quantitative estimate of drug-likeness (QED) is 0.648. The van der Waals surface area contributed by atoms with Crippen molar-refractivity contribution in [3.63, 3.8) is 0 Å². The fourth-order valence-corrected chi connectivity index (χ4v) is 3.42. The molecule has 7 nitrogen and oxygen atoms in total. The lowest BCUT2D eigenvalue weighted by Crippen LogP contribution is -2.40. The SMILES string of the molecule is CCOC(=O)c1ccnc(CN2CC(=O)N(CCN(C)C)c3cc(F)ccc3C2)c1. The van der Waals surface area contributed by atoms with E-state index in [9.17, 15) is 14.0 Å². The summed E-state index contributed by atoms with van der Waals surface area (Å²) in [6.07, 6.45) is 1.56. The van der Waals surface area contributed by atoms with E-state index in [-0.39, 0.29) is 18.3 Å². The third-order valence-corrected chi connectivity index (χ3v) is 4.88. The van der Waals surface area contributed by atoms with Gasteiger partial charge in [0.15, 0.2) is 0 Å². The van der Waals surface area contributed by atoms with E-state index in [0.29, 0.717) is 49.7 Å². The summed E-state index contributed by atoms with van der Waals surface area (Å²) < 4.78 is 19.0. The number of halogens is 1. The molecule has 1 aliphatic rings. The first kappa shape index (κ1) is 21.9. The summed E-state index contributed by atoms with van der Waals surface area (Å²) in [5, 5.41) is 0. The van der Waals surface area contributed by atoms with Crippen LogP contribution >= 0.6 is 0 Å². The highest BCUT2D eigenvalue weighted by Gasteiger charge is 2.27. The van der Waals surface area contributed by atoms with Crippen molar-refractivity contribution in [3.05, 3.63) is 59.2 Å². The van der Waals surface area contributed by atoms with Crippen LogP contribution in [0.5, 0.6) is 0 Å². The fourth-order valence-electron chi connectivity index (χ4n) is 3.42. The maximum absolute atomic E-state index is 13.9. The number of rotatable bonds is 7. The van der Waals surface area contributed by atoms with Crippen molar-refractivity contribution in [3.8, 4) is 0 Å². The smallest absolute Gasteiger partial charge is 0.338 e. The van der Waals surface area contributed by atoms with Crippen LogP contribution in [0.4, 0.5) is 10.1 Å². The molecule has 0 fully saturated rings. The molecule has 30 heavy (non-hydrogen) atoms. The van der Waals surface area contributed by atoms with E-state index < -0.39 is 5.97 Å². The van der Waals surface area contributed by atoms with Crippen LogP contribution in [0.25, 0.3) is 0 Å². The van der Waals surface area contributed by atoms with Gasteiger partial charge in [-0.1, -0.05) is 6.07 Å². The number of amides is 1. The van der Waals surface area contributed by atoms with Crippen LogP contribution in [0, 0.1) is 5.82 Å². The van der Waals surface area contributed by atoms with Gasteiger partial charge in [0.05, 0.1) is 30.1 Å². The zero-order valence-electron chi connectivity index (χ0n) is 17.6. The average molecular weight is 414 g/mol. The van der Waals surface area contributed by atoms with Crippen LogP contribution in [-0.4, -0.2) is 67.0 Å². The first-order valence-corrected chi connectivity index (χ1v) is 9.95. The molecule has 1 aromatic carbocycles. The molecular formula is C22H27FN4O3. The molecule has 0 spiro atoms. The van der Waals surface area contributed by atoms with Gasteiger partial charge in [-0.05, 0) is 50.8 Å². The molecule has 1 aliphatic heterocycles. The van der Waals surface area contributed by atoms with Crippen molar-refractivity contribution in [2.24, 2.45) is 0 Å². The second-order valence-corrected chi connectivity index (χ2v) is 7.52. The molecule has 0 aliphatic carbocycles. The number of anilines is 1. The van der Waals surface area contributed by atoms with E-state index in [1.807, 2.05) is 23.9 Å². The van der Waals surface area contributed by atoms with Gasteiger partial charge in [0.25, 0.3) is 0 Å². The summed E-state index contributed by atoms with van der Waals surface area (Å²) in [4.78, 5) is 34.9. The van der Waals surface area contributed by atoms with Crippen molar-refractivity contribution in [2.45, 2.75) is 20.0 Å². The van der Waals surface area contributed by atoms with Crippen LogP contribution in [-0.2, 0) is 22.6 Å².